The molecule has 1 aliphatic heterocycles. The topological polar surface area (TPSA) is 84.9 Å². The third kappa shape index (κ3) is 2.81. The Morgan fingerprint density at radius 2 is 2.00 bits per heavy atom. The van der Waals surface area contributed by atoms with Crippen LogP contribution in [0.3, 0.4) is 0 Å². The zero-order valence-electron chi connectivity index (χ0n) is 12.1. The van der Waals surface area contributed by atoms with Gasteiger partial charge in [-0.15, -0.1) is 0 Å². The summed E-state index contributed by atoms with van der Waals surface area (Å²) in [5.41, 5.74) is 0. The average molecular weight is 314 g/mol. The molecule has 7 nitrogen and oxygen atoms in total. The van der Waals surface area contributed by atoms with Crippen molar-refractivity contribution in [3.8, 4) is 11.5 Å². The van der Waals surface area contributed by atoms with Gasteiger partial charge in [0.1, 0.15) is 22.4 Å². The van der Waals surface area contributed by atoms with Crippen molar-refractivity contribution in [2.45, 2.75) is 17.9 Å². The molecule has 0 aliphatic carbocycles. The van der Waals surface area contributed by atoms with E-state index in [4.69, 9.17) is 9.47 Å². The second-order valence-electron chi connectivity index (χ2n) is 4.60. The average Bonchev–Trinajstić information content (AvgIpc) is 2.49. The summed E-state index contributed by atoms with van der Waals surface area (Å²) in [6, 6.07) is 3.78. The first-order valence-electron chi connectivity index (χ1n) is 6.43. The van der Waals surface area contributed by atoms with Crippen molar-refractivity contribution in [1.82, 2.24) is 9.62 Å². The molecule has 1 atom stereocenters. The van der Waals surface area contributed by atoms with Crippen molar-refractivity contribution in [2.75, 3.05) is 27.3 Å². The number of hydrogen-bond acceptors (Lipinski definition) is 5. The molecular weight excluding hydrogens is 296 g/mol. The summed E-state index contributed by atoms with van der Waals surface area (Å²) in [5, 5.41) is 2.64. The molecule has 1 heterocycles. The van der Waals surface area contributed by atoms with E-state index in [0.717, 1.165) is 0 Å². The van der Waals surface area contributed by atoms with Crippen LogP contribution in [0, 0.1) is 0 Å². The van der Waals surface area contributed by atoms with Gasteiger partial charge in [0.25, 0.3) is 0 Å². The van der Waals surface area contributed by atoms with Crippen LogP contribution in [-0.2, 0) is 14.8 Å². The third-order valence-corrected chi connectivity index (χ3v) is 5.39. The minimum Gasteiger partial charge on any atom is -0.497 e. The van der Waals surface area contributed by atoms with Crippen LogP contribution in [0.4, 0.5) is 0 Å². The van der Waals surface area contributed by atoms with Crippen LogP contribution in [0.25, 0.3) is 0 Å². The fraction of sp³-hybridized carbons (Fsp3) is 0.462. The second kappa shape index (κ2) is 5.90. The number of amides is 1. The van der Waals surface area contributed by atoms with E-state index in [0.29, 0.717) is 5.75 Å². The lowest BCUT2D eigenvalue weighted by molar-refractivity contribution is -0.126. The molecule has 0 spiro atoms. The van der Waals surface area contributed by atoms with Crippen molar-refractivity contribution < 1.29 is 22.7 Å². The van der Waals surface area contributed by atoms with Gasteiger partial charge in [-0.3, -0.25) is 4.79 Å². The number of rotatable bonds is 4. The summed E-state index contributed by atoms with van der Waals surface area (Å²) in [6.07, 6.45) is 0. The number of ether oxygens (including phenoxy) is 2. The molecule has 1 aromatic carbocycles. The summed E-state index contributed by atoms with van der Waals surface area (Å²) in [6.45, 7) is 2.06. The first kappa shape index (κ1) is 15.6. The monoisotopic (exact) mass is 314 g/mol. The minimum atomic E-state index is -3.85. The summed E-state index contributed by atoms with van der Waals surface area (Å²) < 4.78 is 37.0. The molecule has 1 unspecified atom stereocenters. The number of benzene rings is 1. The Morgan fingerprint density at radius 3 is 2.62 bits per heavy atom. The standard InChI is InChI=1S/C13H18N2O5S/c1-9-13(16)14-6-7-15(9)21(17,18)12-8-10(19-2)4-5-11(12)20-3/h4-5,8-9H,6-7H2,1-3H3,(H,14,16). The van der Waals surface area contributed by atoms with Crippen molar-refractivity contribution >= 4 is 15.9 Å². The molecule has 116 valence electrons. The smallest absolute Gasteiger partial charge is 0.247 e. The maximum atomic E-state index is 12.8. The fourth-order valence-electron chi connectivity index (χ4n) is 2.20. The lowest BCUT2D eigenvalue weighted by Crippen LogP contribution is -2.55. The zero-order valence-corrected chi connectivity index (χ0v) is 12.9. The fourth-order valence-corrected chi connectivity index (χ4v) is 3.97. The highest BCUT2D eigenvalue weighted by Crippen LogP contribution is 2.31. The van der Waals surface area contributed by atoms with E-state index >= 15 is 0 Å². The molecule has 1 saturated heterocycles. The molecule has 21 heavy (non-hydrogen) atoms. The Balaban J connectivity index is 2.50. The van der Waals surface area contributed by atoms with Gasteiger partial charge in [0.15, 0.2) is 0 Å². The molecule has 1 fully saturated rings. The van der Waals surface area contributed by atoms with E-state index in [9.17, 15) is 13.2 Å². The maximum Gasteiger partial charge on any atom is 0.247 e. The summed E-state index contributed by atoms with van der Waals surface area (Å²) in [5.74, 6) is 0.309. The lowest BCUT2D eigenvalue weighted by atomic mass is 10.2. The largest absolute Gasteiger partial charge is 0.497 e. The van der Waals surface area contributed by atoms with Crippen molar-refractivity contribution in [3.63, 3.8) is 0 Å². The van der Waals surface area contributed by atoms with Crippen LogP contribution in [-0.4, -0.2) is 52.0 Å². The van der Waals surface area contributed by atoms with Gasteiger partial charge in [-0.2, -0.15) is 4.31 Å². The lowest BCUT2D eigenvalue weighted by Gasteiger charge is -2.32. The van der Waals surface area contributed by atoms with Gasteiger partial charge in [0, 0.05) is 19.2 Å². The highest BCUT2D eigenvalue weighted by Gasteiger charge is 2.37. The highest BCUT2D eigenvalue weighted by molar-refractivity contribution is 7.89. The molecule has 1 aromatic rings. The Bertz CT molecular complexity index is 644. The van der Waals surface area contributed by atoms with Crippen molar-refractivity contribution in [1.29, 1.82) is 0 Å². The molecule has 0 saturated carbocycles. The SMILES string of the molecule is COc1ccc(OC)c(S(=O)(=O)N2CCNC(=O)C2C)c1. The molecule has 1 amide bonds. The Kier molecular flexibility index (Phi) is 4.38. The van der Waals surface area contributed by atoms with Gasteiger partial charge in [0.05, 0.1) is 14.2 Å². The molecule has 1 aliphatic rings. The van der Waals surface area contributed by atoms with Crippen LogP contribution in [0.15, 0.2) is 23.1 Å². The van der Waals surface area contributed by atoms with Crippen LogP contribution in [0.2, 0.25) is 0 Å². The van der Waals surface area contributed by atoms with E-state index < -0.39 is 16.1 Å². The number of carbonyl (C=O) groups is 1. The van der Waals surface area contributed by atoms with Crippen LogP contribution in [0.1, 0.15) is 6.92 Å². The van der Waals surface area contributed by atoms with Gasteiger partial charge in [-0.1, -0.05) is 0 Å². The summed E-state index contributed by atoms with van der Waals surface area (Å²) >= 11 is 0. The molecule has 1 N–H and O–H groups in total. The number of methoxy groups -OCH3 is 2. The number of hydrogen-bond donors (Lipinski definition) is 1. The quantitative estimate of drug-likeness (QED) is 0.859. The van der Waals surface area contributed by atoms with Crippen LogP contribution in [0.5, 0.6) is 11.5 Å². The van der Waals surface area contributed by atoms with Crippen LogP contribution >= 0.6 is 0 Å². The molecule has 0 aromatic heterocycles. The molecule has 0 radical (unpaired) electrons. The molecule has 2 rings (SSSR count). The van der Waals surface area contributed by atoms with Gasteiger partial charge >= 0.3 is 0 Å². The van der Waals surface area contributed by atoms with E-state index in [1.807, 2.05) is 0 Å². The maximum absolute atomic E-state index is 12.8. The predicted octanol–water partition coefficient (Wildman–Crippen LogP) is 0.213. The van der Waals surface area contributed by atoms with Crippen molar-refractivity contribution in [3.05, 3.63) is 18.2 Å². The van der Waals surface area contributed by atoms with Gasteiger partial charge in [-0.05, 0) is 19.1 Å². The first-order valence-corrected chi connectivity index (χ1v) is 7.87. The molecular formula is C13H18N2O5S. The number of nitrogens with zero attached hydrogens (tertiary/aromatic N) is 1. The highest BCUT2D eigenvalue weighted by atomic mass is 32.2. The molecule has 8 heteroatoms. The normalized spacial score (nSPS) is 20.0. The summed E-state index contributed by atoms with van der Waals surface area (Å²) in [7, 11) is -1.00. The van der Waals surface area contributed by atoms with Crippen molar-refractivity contribution in [2.24, 2.45) is 0 Å². The van der Waals surface area contributed by atoms with E-state index in [1.165, 1.54) is 30.7 Å². The third-order valence-electron chi connectivity index (χ3n) is 3.40. The Labute approximate surface area is 123 Å². The van der Waals surface area contributed by atoms with E-state index in [2.05, 4.69) is 5.32 Å². The summed E-state index contributed by atoms with van der Waals surface area (Å²) in [4.78, 5) is 11.7. The minimum absolute atomic E-state index is 0.00843. The number of piperazine rings is 1. The number of sulfonamides is 1. The van der Waals surface area contributed by atoms with E-state index in [-0.39, 0.29) is 29.6 Å². The van der Waals surface area contributed by atoms with Gasteiger partial charge in [-0.25, -0.2) is 8.42 Å². The number of nitrogens with one attached hydrogen (secondary N) is 1. The van der Waals surface area contributed by atoms with E-state index in [1.54, 1.807) is 13.0 Å². The van der Waals surface area contributed by atoms with Crippen LogP contribution < -0.4 is 14.8 Å². The first-order chi connectivity index (χ1) is 9.91. The second-order valence-corrected chi connectivity index (χ2v) is 6.46. The Morgan fingerprint density at radius 1 is 1.29 bits per heavy atom. The van der Waals surface area contributed by atoms with Gasteiger partial charge < -0.3 is 14.8 Å². The molecule has 0 bridgehead atoms. The zero-order chi connectivity index (χ0) is 15.6. The predicted molar refractivity (Wildman–Crippen MR) is 75.9 cm³/mol. The number of carbonyl (C=O) groups excluding carboxylic acids is 1. The van der Waals surface area contributed by atoms with Gasteiger partial charge in [0.2, 0.25) is 15.9 Å². The Hall–Kier alpha value is -1.80.